The van der Waals surface area contributed by atoms with Gasteiger partial charge in [0.05, 0.1) is 17.0 Å². The van der Waals surface area contributed by atoms with E-state index in [0.29, 0.717) is 63.2 Å². The van der Waals surface area contributed by atoms with Crippen LogP contribution in [-0.4, -0.2) is 54.6 Å². The minimum Gasteiger partial charge on any atom is -0.486 e. The Morgan fingerprint density at radius 2 is 1.86 bits per heavy atom. The molecule has 0 aliphatic carbocycles. The maximum atomic E-state index is 13.2. The molecule has 2 aliphatic heterocycles. The van der Waals surface area contributed by atoms with Crippen LogP contribution >= 0.6 is 0 Å². The summed E-state index contributed by atoms with van der Waals surface area (Å²) in [6.07, 6.45) is -4.08. The summed E-state index contributed by atoms with van der Waals surface area (Å²) in [6, 6.07) is 9.90. The van der Waals surface area contributed by atoms with Gasteiger partial charge in [-0.05, 0) is 44.0 Å². The highest BCUT2D eigenvalue weighted by Gasteiger charge is 2.36. The highest BCUT2D eigenvalue weighted by molar-refractivity contribution is 5.79. The number of ether oxygens (including phenoxy) is 2. The summed E-state index contributed by atoms with van der Waals surface area (Å²) in [6.45, 7) is 3.74. The molecule has 4 rings (SSSR count). The van der Waals surface area contributed by atoms with Gasteiger partial charge < -0.3 is 19.3 Å². The molecule has 1 amide bonds. The van der Waals surface area contributed by atoms with Crippen LogP contribution in [0.4, 0.5) is 24.5 Å². The standard InChI is InChI=1S/C24H26F3N3O5/c1-2-28(14-18-15-34-21-5-3-4-6-22(21)35-18)23(31)16-9-11-29(12-10-16)19-8-7-17(24(25,26)27)13-20(19)30(32)33/h3-8,13,16,18H,2,9-12,14-15H2,1H3. The molecular weight excluding hydrogens is 467 g/mol. The minimum absolute atomic E-state index is 0.0310. The van der Waals surface area contributed by atoms with Gasteiger partial charge in [0.25, 0.3) is 5.69 Å². The number of anilines is 1. The van der Waals surface area contributed by atoms with Crippen LogP contribution in [0.2, 0.25) is 0 Å². The van der Waals surface area contributed by atoms with Gasteiger partial charge in [-0.1, -0.05) is 12.1 Å². The Kier molecular flexibility index (Phi) is 7.04. The zero-order chi connectivity index (χ0) is 25.2. The molecule has 2 aromatic carbocycles. The van der Waals surface area contributed by atoms with E-state index in [1.165, 1.54) is 0 Å². The summed E-state index contributed by atoms with van der Waals surface area (Å²) < 4.78 is 50.7. The number of hydrogen-bond acceptors (Lipinski definition) is 6. The molecule has 188 valence electrons. The number of para-hydroxylation sites is 2. The van der Waals surface area contributed by atoms with E-state index in [-0.39, 0.29) is 23.6 Å². The Morgan fingerprint density at radius 1 is 1.17 bits per heavy atom. The van der Waals surface area contributed by atoms with E-state index in [1.54, 1.807) is 9.80 Å². The summed E-state index contributed by atoms with van der Waals surface area (Å²) >= 11 is 0. The summed E-state index contributed by atoms with van der Waals surface area (Å²) in [4.78, 5) is 27.2. The molecule has 0 bridgehead atoms. The number of nitro groups is 1. The van der Waals surface area contributed by atoms with Crippen LogP contribution in [0.1, 0.15) is 25.3 Å². The SMILES string of the molecule is CCN(CC1COc2ccccc2O1)C(=O)C1CCN(c2ccc(C(F)(F)F)cc2[N+](=O)[O-])CC1. The first kappa shape index (κ1) is 24.6. The molecule has 8 nitrogen and oxygen atoms in total. The number of likely N-dealkylation sites (N-methyl/N-ethyl adjacent to an activating group) is 1. The van der Waals surface area contributed by atoms with Crippen molar-refractivity contribution < 1.29 is 32.4 Å². The van der Waals surface area contributed by atoms with Crippen molar-refractivity contribution in [3.05, 3.63) is 58.1 Å². The minimum atomic E-state index is -4.67. The molecule has 11 heteroatoms. The van der Waals surface area contributed by atoms with E-state index in [2.05, 4.69) is 0 Å². The molecule has 1 saturated heterocycles. The second-order valence-corrected chi connectivity index (χ2v) is 8.59. The Labute approximate surface area is 200 Å². The van der Waals surface area contributed by atoms with Gasteiger partial charge in [0.1, 0.15) is 12.3 Å². The van der Waals surface area contributed by atoms with Crippen LogP contribution < -0.4 is 14.4 Å². The second kappa shape index (κ2) is 10.0. The molecule has 2 aromatic rings. The van der Waals surface area contributed by atoms with Gasteiger partial charge in [0.15, 0.2) is 17.6 Å². The molecule has 1 fully saturated rings. The number of amides is 1. The molecule has 0 saturated carbocycles. The van der Waals surface area contributed by atoms with Crippen molar-refractivity contribution in [2.24, 2.45) is 5.92 Å². The van der Waals surface area contributed by atoms with Crippen molar-refractivity contribution >= 4 is 17.3 Å². The highest BCUT2D eigenvalue weighted by atomic mass is 19.4. The van der Waals surface area contributed by atoms with Crippen molar-refractivity contribution in [2.75, 3.05) is 37.7 Å². The van der Waals surface area contributed by atoms with Gasteiger partial charge in [-0.3, -0.25) is 14.9 Å². The molecule has 35 heavy (non-hydrogen) atoms. The number of rotatable bonds is 6. The van der Waals surface area contributed by atoms with Crippen molar-refractivity contribution in [1.82, 2.24) is 4.90 Å². The monoisotopic (exact) mass is 493 g/mol. The normalized spacial score (nSPS) is 18.3. The number of carbonyl (C=O) groups excluding carboxylic acids is 1. The first-order chi connectivity index (χ1) is 16.7. The van der Waals surface area contributed by atoms with Crippen molar-refractivity contribution in [3.63, 3.8) is 0 Å². The number of alkyl halides is 3. The average Bonchev–Trinajstić information content (AvgIpc) is 2.86. The number of halogens is 3. The quantitative estimate of drug-likeness (QED) is 0.435. The summed E-state index contributed by atoms with van der Waals surface area (Å²) in [7, 11) is 0. The highest BCUT2D eigenvalue weighted by Crippen LogP contribution is 2.38. The molecule has 2 heterocycles. The lowest BCUT2D eigenvalue weighted by molar-refractivity contribution is -0.384. The maximum absolute atomic E-state index is 13.2. The second-order valence-electron chi connectivity index (χ2n) is 8.59. The fourth-order valence-corrected chi connectivity index (χ4v) is 4.51. The predicted molar refractivity (Wildman–Crippen MR) is 122 cm³/mol. The fraction of sp³-hybridized carbons (Fsp3) is 0.458. The van der Waals surface area contributed by atoms with Crippen molar-refractivity contribution in [3.8, 4) is 11.5 Å². The number of nitrogens with zero attached hydrogens (tertiary/aromatic N) is 3. The zero-order valence-corrected chi connectivity index (χ0v) is 19.2. The van der Waals surface area contributed by atoms with E-state index in [1.807, 2.05) is 31.2 Å². The van der Waals surface area contributed by atoms with Crippen LogP contribution in [-0.2, 0) is 11.0 Å². The maximum Gasteiger partial charge on any atom is 0.416 e. The lowest BCUT2D eigenvalue weighted by Gasteiger charge is -2.36. The Bertz CT molecular complexity index is 1090. The largest absolute Gasteiger partial charge is 0.486 e. The van der Waals surface area contributed by atoms with Gasteiger partial charge >= 0.3 is 6.18 Å². The lowest BCUT2D eigenvalue weighted by atomic mass is 9.94. The first-order valence-electron chi connectivity index (χ1n) is 11.4. The summed E-state index contributed by atoms with van der Waals surface area (Å²) in [5.74, 6) is 0.995. The predicted octanol–water partition coefficient (Wildman–Crippen LogP) is 4.52. The third kappa shape index (κ3) is 5.44. The van der Waals surface area contributed by atoms with Crippen LogP contribution in [0.25, 0.3) is 0 Å². The van der Waals surface area contributed by atoms with Gasteiger partial charge in [-0.25, -0.2) is 0 Å². The van der Waals surface area contributed by atoms with Gasteiger partial charge in [-0.2, -0.15) is 13.2 Å². The molecule has 0 N–H and O–H groups in total. The molecule has 2 aliphatic rings. The number of fused-ring (bicyclic) bond motifs is 1. The first-order valence-corrected chi connectivity index (χ1v) is 11.4. The third-order valence-electron chi connectivity index (χ3n) is 6.37. The molecule has 1 atom stereocenters. The van der Waals surface area contributed by atoms with E-state index in [0.717, 1.165) is 12.1 Å². The molecule has 0 radical (unpaired) electrons. The summed E-state index contributed by atoms with van der Waals surface area (Å²) in [5.41, 5.74) is -1.52. The molecule has 0 spiro atoms. The average molecular weight is 493 g/mol. The molecular formula is C24H26F3N3O5. The van der Waals surface area contributed by atoms with Crippen molar-refractivity contribution in [1.29, 1.82) is 0 Å². The Balaban J connectivity index is 1.38. The molecule has 1 unspecified atom stereocenters. The van der Waals surface area contributed by atoms with Crippen LogP contribution in [0.15, 0.2) is 42.5 Å². The number of piperidine rings is 1. The number of carbonyl (C=O) groups is 1. The number of hydrogen-bond donors (Lipinski definition) is 0. The van der Waals surface area contributed by atoms with Gasteiger partial charge in [-0.15, -0.1) is 0 Å². The Morgan fingerprint density at radius 3 is 2.49 bits per heavy atom. The van der Waals surface area contributed by atoms with E-state index >= 15 is 0 Å². The zero-order valence-electron chi connectivity index (χ0n) is 19.2. The fourth-order valence-electron chi connectivity index (χ4n) is 4.51. The Hall–Kier alpha value is -3.50. The van der Waals surface area contributed by atoms with Gasteiger partial charge in [0, 0.05) is 31.6 Å². The lowest BCUT2D eigenvalue weighted by Crippen LogP contribution is -2.47. The third-order valence-corrected chi connectivity index (χ3v) is 6.37. The van der Waals surface area contributed by atoms with Crippen LogP contribution in [0, 0.1) is 16.0 Å². The van der Waals surface area contributed by atoms with E-state index in [9.17, 15) is 28.1 Å². The summed E-state index contributed by atoms with van der Waals surface area (Å²) in [5, 5.41) is 11.4. The topological polar surface area (TPSA) is 85.2 Å². The molecule has 0 aromatic heterocycles. The van der Waals surface area contributed by atoms with E-state index in [4.69, 9.17) is 9.47 Å². The van der Waals surface area contributed by atoms with E-state index < -0.39 is 22.4 Å². The van der Waals surface area contributed by atoms with Crippen LogP contribution in [0.3, 0.4) is 0 Å². The van der Waals surface area contributed by atoms with Gasteiger partial charge in [0.2, 0.25) is 5.91 Å². The number of nitro benzene ring substituents is 1. The number of benzene rings is 2. The van der Waals surface area contributed by atoms with Crippen molar-refractivity contribution in [2.45, 2.75) is 32.0 Å². The van der Waals surface area contributed by atoms with Crippen LogP contribution in [0.5, 0.6) is 11.5 Å². The smallest absolute Gasteiger partial charge is 0.416 e.